The van der Waals surface area contributed by atoms with Crippen LogP contribution in [0.1, 0.15) is 41.5 Å². The Labute approximate surface area is 175 Å². The molecular formula is C20H29N3O7. The van der Waals surface area contributed by atoms with E-state index in [-0.39, 0.29) is 11.4 Å². The van der Waals surface area contributed by atoms with Crippen molar-refractivity contribution < 1.29 is 28.7 Å². The lowest BCUT2D eigenvalue weighted by Gasteiger charge is -2.35. The highest BCUT2D eigenvalue weighted by atomic mass is 16.8. The monoisotopic (exact) mass is 423 g/mol. The van der Waals surface area contributed by atoms with Crippen LogP contribution in [0.5, 0.6) is 0 Å². The number of carbonyl (C=O) groups is 2. The molecule has 0 aliphatic carbocycles. The van der Waals surface area contributed by atoms with Crippen LogP contribution in [0.2, 0.25) is 0 Å². The van der Waals surface area contributed by atoms with Gasteiger partial charge in [-0.15, -0.1) is 0 Å². The second kappa shape index (κ2) is 8.86. The molecule has 166 valence electrons. The van der Waals surface area contributed by atoms with E-state index in [0.717, 1.165) is 4.90 Å². The average molecular weight is 423 g/mol. The Kier molecular flexibility index (Phi) is 6.91. The van der Waals surface area contributed by atoms with Gasteiger partial charge in [0.25, 0.3) is 5.69 Å². The van der Waals surface area contributed by atoms with Gasteiger partial charge in [0, 0.05) is 30.4 Å². The first-order chi connectivity index (χ1) is 13.8. The second-order valence-electron chi connectivity index (χ2n) is 8.87. The van der Waals surface area contributed by atoms with Crippen LogP contribution >= 0.6 is 0 Å². The third-order valence-corrected chi connectivity index (χ3v) is 4.19. The fourth-order valence-corrected chi connectivity index (χ4v) is 2.98. The molecule has 2 rings (SSSR count). The Bertz CT molecular complexity index is 806. The number of nitro benzene ring substituents is 1. The van der Waals surface area contributed by atoms with Crippen molar-refractivity contribution in [2.75, 3.05) is 36.1 Å². The molecule has 10 nitrogen and oxygen atoms in total. The molecule has 0 spiro atoms. The van der Waals surface area contributed by atoms with Crippen molar-refractivity contribution in [2.45, 2.75) is 52.7 Å². The van der Waals surface area contributed by atoms with Gasteiger partial charge in [-0.05, 0) is 53.7 Å². The van der Waals surface area contributed by atoms with E-state index in [9.17, 15) is 19.7 Å². The summed E-state index contributed by atoms with van der Waals surface area (Å²) in [6.07, 6.45) is -2.23. The summed E-state index contributed by atoms with van der Waals surface area (Å²) < 4.78 is 15.2. The summed E-state index contributed by atoms with van der Waals surface area (Å²) in [5.74, 6) is 0. The van der Waals surface area contributed by atoms with Crippen LogP contribution < -0.4 is 9.80 Å². The van der Waals surface area contributed by atoms with E-state index < -0.39 is 28.3 Å². The smallest absolute Gasteiger partial charge is 0.428 e. The van der Waals surface area contributed by atoms with E-state index in [1.54, 1.807) is 53.7 Å². The molecule has 0 N–H and O–H groups in total. The van der Waals surface area contributed by atoms with E-state index in [1.807, 2.05) is 4.90 Å². The predicted molar refractivity (Wildman–Crippen MR) is 111 cm³/mol. The first kappa shape index (κ1) is 23.4. The molecule has 1 aliphatic heterocycles. The minimum absolute atomic E-state index is 0.0325. The molecule has 0 aromatic heterocycles. The molecule has 1 aromatic carbocycles. The SMILES string of the molecule is CC(C)(C)OC(=O)OC(=O)N(c1cc(N2CCOCC2)ccc1[N+](=O)[O-])C(C)(C)C. The van der Waals surface area contributed by atoms with Crippen molar-refractivity contribution >= 4 is 29.3 Å². The van der Waals surface area contributed by atoms with E-state index in [4.69, 9.17) is 14.2 Å². The summed E-state index contributed by atoms with van der Waals surface area (Å²) in [6.45, 7) is 12.3. The Morgan fingerprint density at radius 2 is 1.73 bits per heavy atom. The topological polar surface area (TPSA) is 111 Å². The predicted octanol–water partition coefficient (Wildman–Crippen LogP) is 4.11. The number of carbonyl (C=O) groups excluding carboxylic acids is 2. The maximum atomic E-state index is 12.9. The van der Waals surface area contributed by atoms with Crippen LogP contribution in [0.25, 0.3) is 0 Å². The summed E-state index contributed by atoms with van der Waals surface area (Å²) in [4.78, 5) is 39.1. The zero-order valence-corrected chi connectivity index (χ0v) is 18.3. The van der Waals surface area contributed by atoms with E-state index in [0.29, 0.717) is 32.0 Å². The van der Waals surface area contributed by atoms with E-state index in [1.165, 1.54) is 6.07 Å². The summed E-state index contributed by atoms with van der Waals surface area (Å²) in [5.41, 5.74) is -1.31. The molecule has 1 fully saturated rings. The number of nitro groups is 1. The molecule has 1 saturated heterocycles. The van der Waals surface area contributed by atoms with Crippen LogP contribution in [0.4, 0.5) is 26.7 Å². The molecule has 0 saturated carbocycles. The number of benzene rings is 1. The van der Waals surface area contributed by atoms with Gasteiger partial charge in [0.2, 0.25) is 0 Å². The Hall–Kier alpha value is -2.88. The van der Waals surface area contributed by atoms with Gasteiger partial charge in [-0.1, -0.05) is 0 Å². The average Bonchev–Trinajstić information content (AvgIpc) is 2.59. The van der Waals surface area contributed by atoms with Crippen LogP contribution in [-0.4, -0.2) is 54.6 Å². The van der Waals surface area contributed by atoms with Gasteiger partial charge in [0.1, 0.15) is 11.3 Å². The largest absolute Gasteiger partial charge is 0.517 e. The number of morpholine rings is 1. The molecule has 1 aliphatic rings. The molecule has 1 aromatic rings. The summed E-state index contributed by atoms with van der Waals surface area (Å²) in [6, 6.07) is 4.54. The zero-order chi connectivity index (χ0) is 22.7. The standard InChI is InChI=1S/C20H29N3O7/c1-19(2,3)22(17(24)29-18(25)30-20(4,5)6)16-13-14(7-8-15(16)23(26)27)21-9-11-28-12-10-21/h7-8,13H,9-12H2,1-6H3. The molecular weight excluding hydrogens is 394 g/mol. The highest BCUT2D eigenvalue weighted by Crippen LogP contribution is 2.37. The number of hydrogen-bond donors (Lipinski definition) is 0. The number of ether oxygens (including phenoxy) is 3. The Morgan fingerprint density at radius 3 is 2.23 bits per heavy atom. The van der Waals surface area contributed by atoms with Gasteiger partial charge in [-0.3, -0.25) is 15.0 Å². The fourth-order valence-electron chi connectivity index (χ4n) is 2.98. The number of anilines is 2. The number of hydrogen-bond acceptors (Lipinski definition) is 8. The second-order valence-corrected chi connectivity index (χ2v) is 8.87. The van der Waals surface area contributed by atoms with Crippen molar-refractivity contribution in [3.8, 4) is 0 Å². The third kappa shape index (κ3) is 6.06. The molecule has 1 amide bonds. The lowest BCUT2D eigenvalue weighted by molar-refractivity contribution is -0.384. The fraction of sp³-hybridized carbons (Fsp3) is 0.600. The minimum Gasteiger partial charge on any atom is -0.428 e. The molecule has 1 heterocycles. The van der Waals surface area contributed by atoms with Gasteiger partial charge in [0.05, 0.1) is 18.1 Å². The molecule has 0 unspecified atom stereocenters. The highest BCUT2D eigenvalue weighted by Gasteiger charge is 2.37. The molecule has 0 radical (unpaired) electrons. The van der Waals surface area contributed by atoms with Crippen LogP contribution in [0.3, 0.4) is 0 Å². The van der Waals surface area contributed by atoms with Crippen molar-refractivity contribution in [3.63, 3.8) is 0 Å². The molecule has 30 heavy (non-hydrogen) atoms. The summed E-state index contributed by atoms with van der Waals surface area (Å²) >= 11 is 0. The zero-order valence-electron chi connectivity index (χ0n) is 18.3. The van der Waals surface area contributed by atoms with E-state index in [2.05, 4.69) is 0 Å². The molecule has 10 heteroatoms. The number of amides is 1. The Morgan fingerprint density at radius 1 is 1.13 bits per heavy atom. The third-order valence-electron chi connectivity index (χ3n) is 4.19. The lowest BCUT2D eigenvalue weighted by atomic mass is 10.0. The Balaban J connectivity index is 2.45. The van der Waals surface area contributed by atoms with Crippen molar-refractivity contribution in [1.29, 1.82) is 0 Å². The summed E-state index contributed by atoms with van der Waals surface area (Å²) in [7, 11) is 0. The van der Waals surface area contributed by atoms with Gasteiger partial charge >= 0.3 is 12.2 Å². The van der Waals surface area contributed by atoms with Crippen molar-refractivity contribution in [3.05, 3.63) is 28.3 Å². The van der Waals surface area contributed by atoms with Crippen molar-refractivity contribution in [2.24, 2.45) is 0 Å². The normalized spacial score (nSPS) is 14.8. The maximum absolute atomic E-state index is 12.9. The van der Waals surface area contributed by atoms with E-state index >= 15 is 0 Å². The van der Waals surface area contributed by atoms with Gasteiger partial charge in [-0.2, -0.15) is 0 Å². The summed E-state index contributed by atoms with van der Waals surface area (Å²) in [5, 5.41) is 11.7. The van der Waals surface area contributed by atoms with Crippen LogP contribution in [-0.2, 0) is 14.2 Å². The quantitative estimate of drug-likeness (QED) is 0.309. The number of nitrogens with zero attached hydrogens (tertiary/aromatic N) is 3. The first-order valence-electron chi connectivity index (χ1n) is 9.66. The first-order valence-corrected chi connectivity index (χ1v) is 9.66. The maximum Gasteiger partial charge on any atom is 0.517 e. The van der Waals surface area contributed by atoms with Gasteiger partial charge < -0.3 is 19.1 Å². The van der Waals surface area contributed by atoms with Gasteiger partial charge in [0.15, 0.2) is 0 Å². The highest BCUT2D eigenvalue weighted by molar-refractivity contribution is 5.97. The van der Waals surface area contributed by atoms with Crippen molar-refractivity contribution in [1.82, 2.24) is 0 Å². The molecule has 0 bridgehead atoms. The van der Waals surface area contributed by atoms with Crippen LogP contribution in [0, 0.1) is 10.1 Å². The molecule has 0 atom stereocenters. The minimum atomic E-state index is -1.17. The van der Waals surface area contributed by atoms with Crippen LogP contribution in [0.15, 0.2) is 18.2 Å². The van der Waals surface area contributed by atoms with Gasteiger partial charge in [-0.25, -0.2) is 9.59 Å². The lowest BCUT2D eigenvalue weighted by Crippen LogP contribution is -2.47. The number of rotatable bonds is 3.